The van der Waals surface area contributed by atoms with E-state index in [0.29, 0.717) is 42.2 Å². The number of anilines is 1. The largest absolute Gasteiger partial charge is 0.359 e. The molecule has 1 aromatic carbocycles. The highest BCUT2D eigenvalue weighted by atomic mass is 19.1. The number of piperidine rings is 1. The molecular formula is C18H21F2N3O2. The van der Waals surface area contributed by atoms with Crippen LogP contribution in [0.5, 0.6) is 0 Å². The number of rotatable bonds is 3. The van der Waals surface area contributed by atoms with Gasteiger partial charge in [0.15, 0.2) is 5.76 Å². The van der Waals surface area contributed by atoms with Gasteiger partial charge in [-0.15, -0.1) is 0 Å². The molecule has 0 saturated carbocycles. The second-order valence-electron chi connectivity index (χ2n) is 6.30. The molecule has 2 heterocycles. The molecule has 1 fully saturated rings. The Kier molecular flexibility index (Phi) is 5.01. The summed E-state index contributed by atoms with van der Waals surface area (Å²) in [5, 5.41) is 6.76. The zero-order valence-electron chi connectivity index (χ0n) is 14.3. The van der Waals surface area contributed by atoms with Crippen molar-refractivity contribution < 1.29 is 18.1 Å². The van der Waals surface area contributed by atoms with Crippen molar-refractivity contribution in [1.29, 1.82) is 0 Å². The molecule has 2 aromatic rings. The van der Waals surface area contributed by atoms with Crippen LogP contribution < -0.4 is 5.32 Å². The molecule has 0 spiro atoms. The number of amides is 2. The topological polar surface area (TPSA) is 58.4 Å². The van der Waals surface area contributed by atoms with Gasteiger partial charge in [0.25, 0.3) is 0 Å². The standard InChI is InChI=1S/C18H21F2N3O2/c1-3-16-17(11(2)25-22-16)21-18(24)23-8-4-5-12(10-23)14-9-13(19)6-7-15(14)20/h6-7,9,12H,3-5,8,10H2,1-2H3,(H,21,24)/t12-/m0/s1. The predicted octanol–water partition coefficient (Wildman–Crippen LogP) is 4.24. The van der Waals surface area contributed by atoms with Gasteiger partial charge in [-0.2, -0.15) is 0 Å². The summed E-state index contributed by atoms with van der Waals surface area (Å²) in [6.45, 7) is 4.59. The Morgan fingerprint density at radius 1 is 1.44 bits per heavy atom. The highest BCUT2D eigenvalue weighted by Gasteiger charge is 2.28. The van der Waals surface area contributed by atoms with Crippen molar-refractivity contribution in [2.24, 2.45) is 0 Å². The molecule has 0 bridgehead atoms. The zero-order valence-corrected chi connectivity index (χ0v) is 14.3. The summed E-state index contributed by atoms with van der Waals surface area (Å²) in [6.07, 6.45) is 2.10. The van der Waals surface area contributed by atoms with Crippen LogP contribution in [-0.2, 0) is 6.42 Å². The van der Waals surface area contributed by atoms with Gasteiger partial charge in [-0.3, -0.25) is 0 Å². The number of aromatic nitrogens is 1. The maximum Gasteiger partial charge on any atom is 0.322 e. The van der Waals surface area contributed by atoms with Gasteiger partial charge in [-0.25, -0.2) is 13.6 Å². The van der Waals surface area contributed by atoms with Gasteiger partial charge in [0.05, 0.1) is 0 Å². The van der Waals surface area contributed by atoms with Gasteiger partial charge in [0, 0.05) is 19.0 Å². The second-order valence-corrected chi connectivity index (χ2v) is 6.30. The summed E-state index contributed by atoms with van der Waals surface area (Å²) in [5.74, 6) is -0.568. The number of likely N-dealkylation sites (tertiary alicyclic amines) is 1. The van der Waals surface area contributed by atoms with E-state index in [2.05, 4.69) is 10.5 Å². The lowest BCUT2D eigenvalue weighted by molar-refractivity contribution is 0.192. The van der Waals surface area contributed by atoms with Crippen molar-refractivity contribution in [3.05, 3.63) is 46.9 Å². The van der Waals surface area contributed by atoms with Gasteiger partial charge >= 0.3 is 6.03 Å². The number of carbonyl (C=O) groups excluding carboxylic acids is 1. The number of carbonyl (C=O) groups is 1. The fourth-order valence-electron chi connectivity index (χ4n) is 3.25. The SMILES string of the molecule is CCc1noc(C)c1NC(=O)N1CCC[C@H](c2cc(F)ccc2F)C1. The normalized spacial score (nSPS) is 17.6. The van der Waals surface area contributed by atoms with Crippen LogP contribution in [0.15, 0.2) is 22.7 Å². The molecule has 1 aromatic heterocycles. The van der Waals surface area contributed by atoms with Crippen LogP contribution in [-0.4, -0.2) is 29.2 Å². The molecule has 1 atom stereocenters. The Morgan fingerprint density at radius 3 is 3.00 bits per heavy atom. The summed E-state index contributed by atoms with van der Waals surface area (Å²) in [6, 6.07) is 3.19. The number of urea groups is 1. The summed E-state index contributed by atoms with van der Waals surface area (Å²) in [4.78, 5) is 14.2. The van der Waals surface area contributed by atoms with Crippen molar-refractivity contribution in [2.45, 2.75) is 39.0 Å². The van der Waals surface area contributed by atoms with Crippen molar-refractivity contribution in [2.75, 3.05) is 18.4 Å². The lowest BCUT2D eigenvalue weighted by Crippen LogP contribution is -2.42. The Labute approximate surface area is 145 Å². The Bertz CT molecular complexity index is 776. The van der Waals surface area contributed by atoms with Gasteiger partial charge in [0.1, 0.15) is 23.0 Å². The molecule has 1 aliphatic rings. The number of hydrogen-bond donors (Lipinski definition) is 1. The van der Waals surface area contributed by atoms with Gasteiger partial charge in [-0.1, -0.05) is 12.1 Å². The number of nitrogens with one attached hydrogen (secondary N) is 1. The third kappa shape index (κ3) is 3.65. The monoisotopic (exact) mass is 349 g/mol. The lowest BCUT2D eigenvalue weighted by Gasteiger charge is -2.33. The summed E-state index contributed by atoms with van der Waals surface area (Å²) < 4.78 is 32.6. The van der Waals surface area contributed by atoms with Crippen molar-refractivity contribution in [3.8, 4) is 0 Å². The molecule has 0 aliphatic carbocycles. The van der Waals surface area contributed by atoms with Crippen LogP contribution in [0.1, 0.15) is 42.7 Å². The minimum atomic E-state index is -0.467. The molecule has 7 heteroatoms. The number of nitrogens with zero attached hydrogens (tertiary/aromatic N) is 2. The first kappa shape index (κ1) is 17.4. The average Bonchev–Trinajstić information content (AvgIpc) is 2.97. The fraction of sp³-hybridized carbons (Fsp3) is 0.444. The van der Waals surface area contributed by atoms with Gasteiger partial charge < -0.3 is 14.7 Å². The molecule has 0 radical (unpaired) electrons. The highest BCUT2D eigenvalue weighted by molar-refractivity contribution is 5.90. The van der Waals surface area contributed by atoms with Crippen molar-refractivity contribution >= 4 is 11.7 Å². The Hall–Kier alpha value is -2.44. The van der Waals surface area contributed by atoms with Crippen LogP contribution in [0.4, 0.5) is 19.3 Å². The third-order valence-corrected chi connectivity index (χ3v) is 4.61. The molecule has 3 rings (SSSR count). The smallest absolute Gasteiger partial charge is 0.322 e. The van der Waals surface area contributed by atoms with Crippen molar-refractivity contribution in [3.63, 3.8) is 0 Å². The van der Waals surface area contributed by atoms with E-state index < -0.39 is 11.6 Å². The molecule has 1 N–H and O–H groups in total. The Morgan fingerprint density at radius 2 is 2.24 bits per heavy atom. The van der Waals surface area contributed by atoms with E-state index in [9.17, 15) is 13.6 Å². The molecule has 0 unspecified atom stereocenters. The summed E-state index contributed by atoms with van der Waals surface area (Å²) in [5.41, 5.74) is 1.61. The minimum Gasteiger partial charge on any atom is -0.359 e. The number of aryl methyl sites for hydroxylation is 2. The molecule has 5 nitrogen and oxygen atoms in total. The molecular weight excluding hydrogens is 328 g/mol. The summed E-state index contributed by atoms with van der Waals surface area (Å²) >= 11 is 0. The first-order valence-corrected chi connectivity index (χ1v) is 8.45. The summed E-state index contributed by atoms with van der Waals surface area (Å²) in [7, 11) is 0. The molecule has 25 heavy (non-hydrogen) atoms. The fourth-order valence-corrected chi connectivity index (χ4v) is 3.25. The minimum absolute atomic E-state index is 0.218. The van der Waals surface area contributed by atoms with E-state index in [1.807, 2.05) is 6.92 Å². The number of halogens is 2. The first-order chi connectivity index (χ1) is 12.0. The zero-order chi connectivity index (χ0) is 18.0. The Balaban J connectivity index is 1.73. The van der Waals surface area contributed by atoms with Crippen LogP contribution in [0.3, 0.4) is 0 Å². The van der Waals surface area contributed by atoms with Crippen LogP contribution in [0, 0.1) is 18.6 Å². The predicted molar refractivity (Wildman–Crippen MR) is 89.5 cm³/mol. The van der Waals surface area contributed by atoms with Crippen molar-refractivity contribution in [1.82, 2.24) is 10.1 Å². The second kappa shape index (κ2) is 7.21. The molecule has 1 saturated heterocycles. The third-order valence-electron chi connectivity index (χ3n) is 4.61. The van der Waals surface area contributed by atoms with E-state index in [1.54, 1.807) is 11.8 Å². The highest BCUT2D eigenvalue weighted by Crippen LogP contribution is 2.30. The average molecular weight is 349 g/mol. The lowest BCUT2D eigenvalue weighted by atomic mass is 9.90. The number of benzene rings is 1. The quantitative estimate of drug-likeness (QED) is 0.902. The maximum absolute atomic E-state index is 14.0. The van der Waals surface area contributed by atoms with Crippen LogP contribution >= 0.6 is 0 Å². The number of hydrogen-bond acceptors (Lipinski definition) is 3. The first-order valence-electron chi connectivity index (χ1n) is 8.45. The van der Waals surface area contributed by atoms with Gasteiger partial charge in [-0.05, 0) is 49.9 Å². The van der Waals surface area contributed by atoms with Crippen LogP contribution in [0.2, 0.25) is 0 Å². The van der Waals surface area contributed by atoms with Crippen LogP contribution in [0.25, 0.3) is 0 Å². The van der Waals surface area contributed by atoms with Gasteiger partial charge in [0.2, 0.25) is 0 Å². The van der Waals surface area contributed by atoms with E-state index in [4.69, 9.17) is 4.52 Å². The molecule has 134 valence electrons. The van der Waals surface area contributed by atoms with E-state index >= 15 is 0 Å². The van der Waals surface area contributed by atoms with E-state index in [0.717, 1.165) is 25.0 Å². The molecule has 2 amide bonds. The maximum atomic E-state index is 14.0. The molecule has 1 aliphatic heterocycles. The van der Waals surface area contributed by atoms with E-state index in [-0.39, 0.29) is 11.9 Å². The van der Waals surface area contributed by atoms with E-state index in [1.165, 1.54) is 6.07 Å².